The molecule has 1 aliphatic heterocycles. The van der Waals surface area contributed by atoms with E-state index in [0.29, 0.717) is 12.1 Å². The van der Waals surface area contributed by atoms with Gasteiger partial charge in [0.1, 0.15) is 0 Å². The average molecular weight is 333 g/mol. The Morgan fingerprint density at radius 3 is 2.25 bits per heavy atom. The van der Waals surface area contributed by atoms with Crippen molar-refractivity contribution in [3.63, 3.8) is 0 Å². The molecule has 134 valence electrons. The second-order valence-corrected chi connectivity index (χ2v) is 7.40. The third-order valence-corrected chi connectivity index (χ3v) is 5.68. The molecule has 2 fully saturated rings. The largest absolute Gasteiger partial charge is 0.378 e. The van der Waals surface area contributed by atoms with Crippen molar-refractivity contribution < 1.29 is 14.2 Å². The Kier molecular flexibility index (Phi) is 5.60. The summed E-state index contributed by atoms with van der Waals surface area (Å²) in [6.45, 7) is 5.94. The summed E-state index contributed by atoms with van der Waals surface area (Å²) in [6.07, 6.45) is 4.87. The summed E-state index contributed by atoms with van der Waals surface area (Å²) >= 11 is 0. The van der Waals surface area contributed by atoms with Crippen LogP contribution in [0.5, 0.6) is 0 Å². The molecule has 2 atom stereocenters. The van der Waals surface area contributed by atoms with Crippen LogP contribution in [0.1, 0.15) is 57.6 Å². The Hall–Kier alpha value is -0.940. The molecule has 2 aliphatic rings. The molecule has 1 spiro atoms. The number of benzene rings is 1. The van der Waals surface area contributed by atoms with Gasteiger partial charge >= 0.3 is 0 Å². The molecule has 3 rings (SSSR count). The van der Waals surface area contributed by atoms with E-state index in [0.717, 1.165) is 45.3 Å². The van der Waals surface area contributed by atoms with Crippen LogP contribution in [0.3, 0.4) is 0 Å². The first-order valence-electron chi connectivity index (χ1n) is 9.21. The highest BCUT2D eigenvalue weighted by molar-refractivity contribution is 5.18. The lowest BCUT2D eigenvalue weighted by molar-refractivity contribution is -0.208. The number of nitrogens with one attached hydrogen (secondary N) is 1. The molecule has 24 heavy (non-hydrogen) atoms. The summed E-state index contributed by atoms with van der Waals surface area (Å²) < 4.78 is 17.7. The lowest BCUT2D eigenvalue weighted by Gasteiger charge is -2.44. The van der Waals surface area contributed by atoms with Gasteiger partial charge in [0.2, 0.25) is 0 Å². The maximum absolute atomic E-state index is 5.99. The van der Waals surface area contributed by atoms with Crippen LogP contribution in [0.4, 0.5) is 0 Å². The predicted molar refractivity (Wildman–Crippen MR) is 94.9 cm³/mol. The summed E-state index contributed by atoms with van der Waals surface area (Å²) in [5.41, 5.74) is 1.26. The van der Waals surface area contributed by atoms with Crippen molar-refractivity contribution in [3.8, 4) is 0 Å². The van der Waals surface area contributed by atoms with Crippen molar-refractivity contribution in [2.24, 2.45) is 0 Å². The van der Waals surface area contributed by atoms with E-state index in [4.69, 9.17) is 14.2 Å². The van der Waals surface area contributed by atoms with Gasteiger partial charge in [0.15, 0.2) is 5.79 Å². The van der Waals surface area contributed by atoms with Crippen molar-refractivity contribution in [1.29, 1.82) is 0 Å². The van der Waals surface area contributed by atoms with Gasteiger partial charge in [0, 0.05) is 32.0 Å². The Morgan fingerprint density at radius 2 is 1.67 bits per heavy atom. The number of hydrogen-bond acceptors (Lipinski definition) is 4. The van der Waals surface area contributed by atoms with Gasteiger partial charge in [-0.25, -0.2) is 0 Å². The van der Waals surface area contributed by atoms with Gasteiger partial charge in [-0.1, -0.05) is 30.3 Å². The molecule has 1 aromatic carbocycles. The topological polar surface area (TPSA) is 39.7 Å². The first-order valence-corrected chi connectivity index (χ1v) is 9.21. The van der Waals surface area contributed by atoms with Crippen LogP contribution >= 0.6 is 0 Å². The van der Waals surface area contributed by atoms with Crippen molar-refractivity contribution in [1.82, 2.24) is 5.32 Å². The normalized spacial score (nSPS) is 24.8. The number of methoxy groups -OCH3 is 1. The molecule has 1 heterocycles. The molecule has 1 aliphatic carbocycles. The third-order valence-electron chi connectivity index (χ3n) is 5.68. The zero-order chi connectivity index (χ0) is 17.0. The minimum atomic E-state index is -0.323. The first kappa shape index (κ1) is 17.9. The van der Waals surface area contributed by atoms with Crippen LogP contribution in [-0.4, -0.2) is 37.8 Å². The van der Waals surface area contributed by atoms with Crippen LogP contribution in [0.25, 0.3) is 0 Å². The molecule has 0 bridgehead atoms. The van der Waals surface area contributed by atoms with E-state index < -0.39 is 0 Å². The standard InChI is InChI=1S/C20H31NO3/c1-16(21-17(2)18-7-5-4-6-8-18)15-19(22-3)9-11-20(12-10-19)23-13-14-24-20/h4-8,16-17,21H,9-15H2,1-3H3/t16?,17-/m0/s1. The number of rotatable bonds is 6. The first-order chi connectivity index (χ1) is 11.6. The zero-order valence-corrected chi connectivity index (χ0v) is 15.2. The highest BCUT2D eigenvalue weighted by atomic mass is 16.7. The van der Waals surface area contributed by atoms with Gasteiger partial charge in [-0.05, 0) is 38.7 Å². The molecule has 4 heteroatoms. The summed E-state index contributed by atoms with van der Waals surface area (Å²) in [6, 6.07) is 11.3. The van der Waals surface area contributed by atoms with E-state index in [9.17, 15) is 0 Å². The van der Waals surface area contributed by atoms with Crippen LogP contribution in [-0.2, 0) is 14.2 Å². The predicted octanol–water partition coefficient (Wildman–Crippen LogP) is 3.82. The Morgan fingerprint density at radius 1 is 1.04 bits per heavy atom. The van der Waals surface area contributed by atoms with E-state index >= 15 is 0 Å². The molecule has 0 amide bonds. The molecule has 1 aromatic rings. The lowest BCUT2D eigenvalue weighted by Crippen LogP contribution is -2.48. The van der Waals surface area contributed by atoms with Gasteiger partial charge < -0.3 is 19.5 Å². The van der Waals surface area contributed by atoms with Crippen molar-refractivity contribution in [3.05, 3.63) is 35.9 Å². The second-order valence-electron chi connectivity index (χ2n) is 7.40. The maximum atomic E-state index is 5.99. The van der Waals surface area contributed by atoms with Crippen molar-refractivity contribution in [2.75, 3.05) is 20.3 Å². The summed E-state index contributed by atoms with van der Waals surface area (Å²) in [4.78, 5) is 0. The molecule has 1 unspecified atom stereocenters. The van der Waals surface area contributed by atoms with Gasteiger partial charge in [0.05, 0.1) is 18.8 Å². The molecular weight excluding hydrogens is 302 g/mol. The molecule has 0 radical (unpaired) electrons. The van der Waals surface area contributed by atoms with Gasteiger partial charge in [-0.3, -0.25) is 0 Å². The number of hydrogen-bond donors (Lipinski definition) is 1. The molecule has 0 aromatic heterocycles. The molecule has 1 saturated heterocycles. The maximum Gasteiger partial charge on any atom is 0.168 e. The highest BCUT2D eigenvalue weighted by Gasteiger charge is 2.46. The Balaban J connectivity index is 1.55. The van der Waals surface area contributed by atoms with Gasteiger partial charge in [-0.15, -0.1) is 0 Å². The minimum absolute atomic E-state index is 0.0661. The highest BCUT2D eigenvalue weighted by Crippen LogP contribution is 2.43. The quantitative estimate of drug-likeness (QED) is 0.859. The summed E-state index contributed by atoms with van der Waals surface area (Å²) in [5.74, 6) is -0.323. The zero-order valence-electron chi connectivity index (χ0n) is 15.2. The second kappa shape index (κ2) is 7.52. The van der Waals surface area contributed by atoms with E-state index in [-0.39, 0.29) is 11.4 Å². The van der Waals surface area contributed by atoms with Crippen LogP contribution in [0.15, 0.2) is 30.3 Å². The van der Waals surface area contributed by atoms with Crippen LogP contribution in [0, 0.1) is 0 Å². The Bertz CT molecular complexity index is 503. The fourth-order valence-corrected chi connectivity index (χ4v) is 4.25. The monoisotopic (exact) mass is 333 g/mol. The SMILES string of the molecule is COC1(CC(C)N[C@@H](C)c2ccccc2)CCC2(CC1)OCCO2. The van der Waals surface area contributed by atoms with Crippen LogP contribution in [0.2, 0.25) is 0 Å². The van der Waals surface area contributed by atoms with E-state index in [1.54, 1.807) is 0 Å². The van der Waals surface area contributed by atoms with E-state index in [2.05, 4.69) is 49.5 Å². The van der Waals surface area contributed by atoms with Crippen molar-refractivity contribution >= 4 is 0 Å². The fourth-order valence-electron chi connectivity index (χ4n) is 4.25. The molecule has 4 nitrogen and oxygen atoms in total. The molecule has 1 N–H and O–H groups in total. The van der Waals surface area contributed by atoms with Crippen molar-refractivity contribution in [2.45, 2.75) is 69.4 Å². The Labute approximate surface area is 145 Å². The van der Waals surface area contributed by atoms with Crippen LogP contribution < -0.4 is 5.32 Å². The molecule has 1 saturated carbocycles. The summed E-state index contributed by atoms with van der Waals surface area (Å²) in [7, 11) is 1.85. The fraction of sp³-hybridized carbons (Fsp3) is 0.700. The van der Waals surface area contributed by atoms with E-state index in [1.807, 2.05) is 7.11 Å². The van der Waals surface area contributed by atoms with Gasteiger partial charge in [0.25, 0.3) is 0 Å². The summed E-state index contributed by atoms with van der Waals surface area (Å²) in [5, 5.41) is 3.72. The number of ether oxygens (including phenoxy) is 3. The third kappa shape index (κ3) is 3.99. The van der Waals surface area contributed by atoms with E-state index in [1.165, 1.54) is 5.56 Å². The molecular formula is C20H31NO3. The lowest BCUT2D eigenvalue weighted by atomic mass is 9.77. The average Bonchev–Trinajstić information content (AvgIpc) is 3.07. The van der Waals surface area contributed by atoms with Gasteiger partial charge in [-0.2, -0.15) is 0 Å². The smallest absolute Gasteiger partial charge is 0.168 e. The minimum Gasteiger partial charge on any atom is -0.378 e.